The summed E-state index contributed by atoms with van der Waals surface area (Å²) in [6.45, 7) is 9.01. The van der Waals surface area contributed by atoms with Crippen LogP contribution in [0.3, 0.4) is 0 Å². The molecule has 26 heavy (non-hydrogen) atoms. The molecule has 0 spiro atoms. The Morgan fingerprint density at radius 2 is 1.19 bits per heavy atom. The van der Waals surface area contributed by atoms with E-state index in [2.05, 4.69) is 0 Å². The number of esters is 1. The van der Waals surface area contributed by atoms with E-state index in [0.29, 0.717) is 25.6 Å². The molecular weight excluding hydrogens is 344 g/mol. The van der Waals surface area contributed by atoms with Crippen LogP contribution in [0.4, 0.5) is 0 Å². The highest BCUT2D eigenvalue weighted by atomic mass is 16.7. The first-order chi connectivity index (χ1) is 12.7. The van der Waals surface area contributed by atoms with Gasteiger partial charge in [0, 0.05) is 19.8 Å². The number of carbonyl (C=O) groups is 1. The van der Waals surface area contributed by atoms with Crippen LogP contribution >= 0.6 is 0 Å². The van der Waals surface area contributed by atoms with Crippen molar-refractivity contribution in [3.63, 3.8) is 0 Å². The maximum Gasteiger partial charge on any atom is 0.338 e. The lowest BCUT2D eigenvalue weighted by Crippen LogP contribution is -2.12. The molecule has 1 aromatic rings. The molecule has 0 radical (unpaired) electrons. The molecule has 8 nitrogen and oxygen atoms in total. The van der Waals surface area contributed by atoms with Gasteiger partial charge in [0.25, 0.3) is 0 Å². The average molecular weight is 372 g/mol. The molecule has 0 saturated heterocycles. The van der Waals surface area contributed by atoms with Gasteiger partial charge in [-0.05, 0) is 39.8 Å². The Hall–Kier alpha value is -2.03. The van der Waals surface area contributed by atoms with E-state index in [-0.39, 0.29) is 44.0 Å². The molecule has 8 heteroatoms. The van der Waals surface area contributed by atoms with Crippen LogP contribution in [0.25, 0.3) is 0 Å². The molecule has 0 bridgehead atoms. The van der Waals surface area contributed by atoms with E-state index >= 15 is 0 Å². The zero-order valence-electron chi connectivity index (χ0n) is 15.9. The van der Waals surface area contributed by atoms with Crippen molar-refractivity contribution in [3.8, 4) is 17.2 Å². The van der Waals surface area contributed by atoms with Gasteiger partial charge in [-0.1, -0.05) is 0 Å². The molecule has 0 aliphatic rings. The van der Waals surface area contributed by atoms with Crippen molar-refractivity contribution in [2.24, 2.45) is 0 Å². The van der Waals surface area contributed by atoms with E-state index in [9.17, 15) is 4.79 Å². The summed E-state index contributed by atoms with van der Waals surface area (Å²) < 4.78 is 37.5. The van der Waals surface area contributed by atoms with Gasteiger partial charge in [0.2, 0.25) is 5.75 Å². The van der Waals surface area contributed by atoms with Gasteiger partial charge in [0.15, 0.2) is 31.9 Å². The monoisotopic (exact) mass is 372 g/mol. The maximum absolute atomic E-state index is 12.1. The first-order valence-electron chi connectivity index (χ1n) is 8.64. The van der Waals surface area contributed by atoms with Gasteiger partial charge < -0.3 is 33.2 Å². The standard InChI is InChI=1S/C18H28O8/c1-5-20-11-24-15-9-14(18(19)23-8-4)10-16(25-12-21-6-2)17(15)26-13-22-7-3/h9-10H,5-8,11-13H2,1-4H3. The van der Waals surface area contributed by atoms with Crippen LogP contribution < -0.4 is 14.2 Å². The average Bonchev–Trinajstić information content (AvgIpc) is 2.64. The molecule has 1 aromatic carbocycles. The van der Waals surface area contributed by atoms with Crippen molar-refractivity contribution < 1.29 is 38.0 Å². The normalized spacial score (nSPS) is 10.5. The van der Waals surface area contributed by atoms with Gasteiger partial charge >= 0.3 is 5.97 Å². The third-order valence-corrected chi connectivity index (χ3v) is 3.03. The minimum Gasteiger partial charge on any atom is -0.463 e. The number of rotatable bonds is 14. The summed E-state index contributed by atoms with van der Waals surface area (Å²) in [4.78, 5) is 12.1. The number of hydrogen-bond acceptors (Lipinski definition) is 8. The van der Waals surface area contributed by atoms with E-state index in [1.165, 1.54) is 12.1 Å². The molecule has 0 atom stereocenters. The number of ether oxygens (including phenoxy) is 7. The second-order valence-electron chi connectivity index (χ2n) is 4.79. The summed E-state index contributed by atoms with van der Waals surface area (Å²) in [5.74, 6) is 0.377. The molecule has 0 aromatic heterocycles. The van der Waals surface area contributed by atoms with Crippen LogP contribution in [0.1, 0.15) is 38.1 Å². The number of carbonyl (C=O) groups excluding carboxylic acids is 1. The minimum absolute atomic E-state index is 0.00132. The highest BCUT2D eigenvalue weighted by Crippen LogP contribution is 2.39. The SMILES string of the molecule is CCOCOc1cc(C(=O)OCC)cc(OCOCC)c1OCOCC. The van der Waals surface area contributed by atoms with Crippen LogP contribution in [0.5, 0.6) is 17.2 Å². The second-order valence-corrected chi connectivity index (χ2v) is 4.79. The molecule has 0 unspecified atom stereocenters. The van der Waals surface area contributed by atoms with E-state index in [4.69, 9.17) is 33.2 Å². The molecule has 148 valence electrons. The Kier molecular flexibility index (Phi) is 11.2. The first kappa shape index (κ1) is 22.0. The highest BCUT2D eigenvalue weighted by molar-refractivity contribution is 5.91. The van der Waals surface area contributed by atoms with Gasteiger partial charge in [-0.2, -0.15) is 0 Å². The third kappa shape index (κ3) is 7.47. The predicted molar refractivity (Wildman–Crippen MR) is 93.8 cm³/mol. The lowest BCUT2D eigenvalue weighted by atomic mass is 10.2. The summed E-state index contributed by atoms with van der Waals surface area (Å²) in [7, 11) is 0. The van der Waals surface area contributed by atoms with E-state index in [1.54, 1.807) is 6.92 Å². The second kappa shape index (κ2) is 13.2. The Labute approximate surface area is 154 Å². The van der Waals surface area contributed by atoms with Gasteiger partial charge in [0.1, 0.15) is 0 Å². The zero-order valence-corrected chi connectivity index (χ0v) is 15.9. The maximum atomic E-state index is 12.1. The van der Waals surface area contributed by atoms with Crippen LogP contribution in [0, 0.1) is 0 Å². The van der Waals surface area contributed by atoms with Crippen molar-refractivity contribution in [3.05, 3.63) is 17.7 Å². The van der Waals surface area contributed by atoms with Crippen molar-refractivity contribution >= 4 is 5.97 Å². The Morgan fingerprint density at radius 3 is 1.62 bits per heavy atom. The van der Waals surface area contributed by atoms with Gasteiger partial charge in [-0.15, -0.1) is 0 Å². The predicted octanol–water partition coefficient (Wildman–Crippen LogP) is 2.98. The fourth-order valence-electron chi connectivity index (χ4n) is 1.83. The molecule has 0 amide bonds. The number of benzene rings is 1. The number of hydrogen-bond donors (Lipinski definition) is 0. The summed E-state index contributed by atoms with van der Waals surface area (Å²) in [5, 5.41) is 0. The molecule has 0 fully saturated rings. The van der Waals surface area contributed by atoms with Crippen molar-refractivity contribution in [2.45, 2.75) is 27.7 Å². The van der Waals surface area contributed by atoms with Crippen LogP contribution in [-0.2, 0) is 18.9 Å². The Morgan fingerprint density at radius 1 is 0.731 bits per heavy atom. The summed E-state index contributed by atoms with van der Waals surface area (Å²) in [6.07, 6.45) is 0. The van der Waals surface area contributed by atoms with Crippen molar-refractivity contribution in [2.75, 3.05) is 46.8 Å². The van der Waals surface area contributed by atoms with Crippen LogP contribution in [0.15, 0.2) is 12.1 Å². The Balaban J connectivity index is 3.15. The zero-order chi connectivity index (χ0) is 19.2. The molecule has 1 rings (SSSR count). The van der Waals surface area contributed by atoms with Crippen molar-refractivity contribution in [1.29, 1.82) is 0 Å². The molecule has 0 saturated carbocycles. The van der Waals surface area contributed by atoms with Crippen LogP contribution in [-0.4, -0.2) is 52.8 Å². The summed E-state index contributed by atoms with van der Waals surface area (Å²) in [6, 6.07) is 3.04. The molecular formula is C18H28O8. The smallest absolute Gasteiger partial charge is 0.338 e. The largest absolute Gasteiger partial charge is 0.463 e. The molecule has 0 N–H and O–H groups in total. The quantitative estimate of drug-likeness (QED) is 0.280. The fourth-order valence-corrected chi connectivity index (χ4v) is 1.83. The first-order valence-corrected chi connectivity index (χ1v) is 8.64. The topological polar surface area (TPSA) is 81.7 Å². The molecule has 0 aliphatic carbocycles. The third-order valence-electron chi connectivity index (χ3n) is 3.03. The summed E-state index contributed by atoms with van der Waals surface area (Å²) >= 11 is 0. The van der Waals surface area contributed by atoms with E-state index < -0.39 is 5.97 Å². The van der Waals surface area contributed by atoms with Gasteiger partial charge in [-0.25, -0.2) is 4.79 Å². The molecule has 0 heterocycles. The lowest BCUT2D eigenvalue weighted by Gasteiger charge is -2.18. The van der Waals surface area contributed by atoms with Gasteiger partial charge in [-0.3, -0.25) is 0 Å². The lowest BCUT2D eigenvalue weighted by molar-refractivity contribution is -0.00318. The van der Waals surface area contributed by atoms with E-state index in [1.807, 2.05) is 20.8 Å². The minimum atomic E-state index is -0.494. The fraction of sp³-hybridized carbons (Fsp3) is 0.611. The van der Waals surface area contributed by atoms with Gasteiger partial charge in [0.05, 0.1) is 12.2 Å². The molecule has 0 aliphatic heterocycles. The van der Waals surface area contributed by atoms with E-state index in [0.717, 1.165) is 0 Å². The summed E-state index contributed by atoms with van der Waals surface area (Å²) in [5.41, 5.74) is 0.272. The Bertz CT molecular complexity index is 501. The highest BCUT2D eigenvalue weighted by Gasteiger charge is 2.20. The van der Waals surface area contributed by atoms with Crippen molar-refractivity contribution in [1.82, 2.24) is 0 Å². The van der Waals surface area contributed by atoms with Crippen LogP contribution in [0.2, 0.25) is 0 Å².